The Hall–Kier alpha value is -3.76. The van der Waals surface area contributed by atoms with Gasteiger partial charge >= 0.3 is 23.9 Å². The van der Waals surface area contributed by atoms with E-state index in [0.717, 1.165) is 0 Å². The minimum atomic E-state index is -0.821. The maximum absolute atomic E-state index is 11.9. The van der Waals surface area contributed by atoms with Crippen molar-refractivity contribution < 1.29 is 47.6 Å². The third-order valence-corrected chi connectivity index (χ3v) is 3.47. The molecule has 0 saturated heterocycles. The van der Waals surface area contributed by atoms with Crippen molar-refractivity contribution in [2.45, 2.75) is 0 Å². The van der Waals surface area contributed by atoms with Crippen LogP contribution in [0.25, 0.3) is 0 Å². The van der Waals surface area contributed by atoms with Crippen LogP contribution in [0.15, 0.2) is 48.5 Å². The maximum atomic E-state index is 11.9. The average Bonchev–Trinajstić information content (AvgIpc) is 2.70. The zero-order valence-corrected chi connectivity index (χ0v) is 15.5. The first kappa shape index (κ1) is 21.0. The number of esters is 4. The maximum Gasteiger partial charge on any atom is 0.337 e. The summed E-state index contributed by atoms with van der Waals surface area (Å²) in [4.78, 5) is 47.8. The first-order valence-corrected chi connectivity index (χ1v) is 8.67. The lowest BCUT2D eigenvalue weighted by Gasteiger charge is -2.12. The molecule has 1 aliphatic rings. The molecule has 1 aliphatic heterocycles. The number of carbonyl (C=O) groups is 4. The fourth-order valence-electron chi connectivity index (χ4n) is 2.28. The summed E-state index contributed by atoms with van der Waals surface area (Å²) in [6.07, 6.45) is 0. The van der Waals surface area contributed by atoms with Gasteiger partial charge in [-0.3, -0.25) is 0 Å². The second-order valence-electron chi connectivity index (χ2n) is 5.78. The van der Waals surface area contributed by atoms with Crippen LogP contribution in [-0.2, 0) is 28.7 Å². The molecular formula is C20H16O10. The van der Waals surface area contributed by atoms with Crippen LogP contribution in [0.5, 0.6) is 23.0 Å². The number of carbonyl (C=O) groups excluding carboxylic acids is 4. The Morgan fingerprint density at radius 3 is 0.900 bits per heavy atom. The van der Waals surface area contributed by atoms with Gasteiger partial charge in [-0.05, 0) is 24.3 Å². The molecule has 156 valence electrons. The molecule has 0 unspecified atom stereocenters. The van der Waals surface area contributed by atoms with Gasteiger partial charge in [-0.1, -0.05) is 24.3 Å². The quantitative estimate of drug-likeness (QED) is 0.455. The van der Waals surface area contributed by atoms with Gasteiger partial charge in [0.25, 0.3) is 0 Å². The van der Waals surface area contributed by atoms with Crippen molar-refractivity contribution >= 4 is 23.9 Å². The molecule has 2 aromatic carbocycles. The molecular weight excluding hydrogens is 400 g/mol. The first-order valence-electron chi connectivity index (χ1n) is 8.67. The molecule has 0 spiro atoms. The van der Waals surface area contributed by atoms with Gasteiger partial charge < -0.3 is 28.4 Å². The summed E-state index contributed by atoms with van der Waals surface area (Å²) in [5, 5.41) is 0. The van der Waals surface area contributed by atoms with Crippen LogP contribution in [0, 0.1) is 0 Å². The monoisotopic (exact) mass is 416 g/mol. The van der Waals surface area contributed by atoms with Crippen LogP contribution in [0.3, 0.4) is 0 Å². The van der Waals surface area contributed by atoms with E-state index in [4.69, 9.17) is 28.4 Å². The van der Waals surface area contributed by atoms with Gasteiger partial charge in [0.15, 0.2) is 23.0 Å². The summed E-state index contributed by atoms with van der Waals surface area (Å²) in [5.74, 6) is -3.41. The lowest BCUT2D eigenvalue weighted by atomic mass is 10.3. The molecule has 10 heteroatoms. The van der Waals surface area contributed by atoms with Crippen molar-refractivity contribution in [3.63, 3.8) is 0 Å². The minimum absolute atomic E-state index is 0.0310. The van der Waals surface area contributed by atoms with Gasteiger partial charge in [0, 0.05) is 0 Å². The number of ether oxygens (including phenoxy) is 6. The SMILES string of the molecule is O=C1COCC(=O)Oc2ccccc2OC(=O)COCC(=O)Oc2ccccc2O1. The Labute approximate surface area is 170 Å². The van der Waals surface area contributed by atoms with Crippen LogP contribution >= 0.6 is 0 Å². The molecule has 0 fully saturated rings. The molecule has 0 atom stereocenters. The molecule has 3 rings (SSSR count). The Bertz CT molecular complexity index is 801. The van der Waals surface area contributed by atoms with Crippen molar-refractivity contribution in [3.05, 3.63) is 48.5 Å². The fraction of sp³-hybridized carbons (Fsp3) is 0.200. The third-order valence-electron chi connectivity index (χ3n) is 3.47. The second kappa shape index (κ2) is 10.1. The molecule has 0 saturated carbocycles. The zero-order valence-electron chi connectivity index (χ0n) is 15.5. The average molecular weight is 416 g/mol. The van der Waals surface area contributed by atoms with Gasteiger partial charge in [0.2, 0.25) is 0 Å². The van der Waals surface area contributed by atoms with Crippen LogP contribution in [-0.4, -0.2) is 50.3 Å². The lowest BCUT2D eigenvalue weighted by molar-refractivity contribution is -0.149. The predicted molar refractivity (Wildman–Crippen MR) is 97.1 cm³/mol. The molecule has 2 aromatic rings. The summed E-state index contributed by atoms with van der Waals surface area (Å²) >= 11 is 0. The van der Waals surface area contributed by atoms with E-state index < -0.39 is 50.3 Å². The number of benzene rings is 2. The Balaban J connectivity index is 1.75. The highest BCUT2D eigenvalue weighted by atomic mass is 16.6. The van der Waals surface area contributed by atoms with Crippen LogP contribution in [0.1, 0.15) is 0 Å². The predicted octanol–water partition coefficient (Wildman–Crippen LogP) is 1.06. The van der Waals surface area contributed by atoms with E-state index in [0.29, 0.717) is 0 Å². The number of rotatable bonds is 0. The number of hydrogen-bond donors (Lipinski definition) is 0. The number of hydrogen-bond acceptors (Lipinski definition) is 10. The first-order chi connectivity index (χ1) is 14.5. The largest absolute Gasteiger partial charge is 0.421 e. The van der Waals surface area contributed by atoms with E-state index in [2.05, 4.69) is 0 Å². The van der Waals surface area contributed by atoms with Crippen molar-refractivity contribution in [2.24, 2.45) is 0 Å². The second-order valence-corrected chi connectivity index (χ2v) is 5.78. The van der Waals surface area contributed by atoms with Gasteiger partial charge in [-0.15, -0.1) is 0 Å². The van der Waals surface area contributed by atoms with Crippen LogP contribution < -0.4 is 18.9 Å². The molecule has 30 heavy (non-hydrogen) atoms. The number of fused-ring (bicyclic) bond motifs is 2. The molecule has 0 amide bonds. The number of para-hydroxylation sites is 4. The molecule has 0 aromatic heterocycles. The third kappa shape index (κ3) is 6.12. The fourth-order valence-corrected chi connectivity index (χ4v) is 2.28. The van der Waals surface area contributed by atoms with E-state index in [1.165, 1.54) is 24.3 Å². The molecule has 0 radical (unpaired) electrons. The smallest absolute Gasteiger partial charge is 0.337 e. The van der Waals surface area contributed by atoms with Gasteiger partial charge in [0.1, 0.15) is 26.4 Å². The minimum Gasteiger partial charge on any atom is -0.421 e. The highest BCUT2D eigenvalue weighted by molar-refractivity contribution is 5.79. The van der Waals surface area contributed by atoms with Crippen molar-refractivity contribution in [2.75, 3.05) is 26.4 Å². The highest BCUT2D eigenvalue weighted by Crippen LogP contribution is 2.28. The summed E-state index contributed by atoms with van der Waals surface area (Å²) in [6.45, 7) is -2.23. The molecule has 0 aliphatic carbocycles. The van der Waals surface area contributed by atoms with E-state index in [9.17, 15) is 19.2 Å². The van der Waals surface area contributed by atoms with Gasteiger partial charge in [0.05, 0.1) is 0 Å². The summed E-state index contributed by atoms with van der Waals surface area (Å²) in [7, 11) is 0. The van der Waals surface area contributed by atoms with E-state index in [1.807, 2.05) is 0 Å². The van der Waals surface area contributed by atoms with Crippen LogP contribution in [0.4, 0.5) is 0 Å². The van der Waals surface area contributed by atoms with Gasteiger partial charge in [-0.2, -0.15) is 0 Å². The summed E-state index contributed by atoms with van der Waals surface area (Å²) in [6, 6.07) is 11.9. The molecule has 0 bridgehead atoms. The van der Waals surface area contributed by atoms with Crippen molar-refractivity contribution in [1.82, 2.24) is 0 Å². The topological polar surface area (TPSA) is 124 Å². The van der Waals surface area contributed by atoms with E-state index >= 15 is 0 Å². The van der Waals surface area contributed by atoms with Gasteiger partial charge in [-0.25, -0.2) is 19.2 Å². The van der Waals surface area contributed by atoms with Crippen LogP contribution in [0.2, 0.25) is 0 Å². The van der Waals surface area contributed by atoms with Crippen molar-refractivity contribution in [1.29, 1.82) is 0 Å². The molecule has 10 nitrogen and oxygen atoms in total. The molecule has 1 heterocycles. The van der Waals surface area contributed by atoms with E-state index in [1.54, 1.807) is 24.3 Å². The standard InChI is InChI=1S/C20H16O10/c21-17-9-25-11-19(23)29-15-7-3-4-8-16(15)30-20(24)12-26-10-18(22)28-14-6-2-1-5-13(14)27-17/h1-8H,9-12H2. The Morgan fingerprint density at radius 1 is 0.433 bits per heavy atom. The Kier molecular flexibility index (Phi) is 7.09. The van der Waals surface area contributed by atoms with E-state index in [-0.39, 0.29) is 23.0 Å². The lowest BCUT2D eigenvalue weighted by Crippen LogP contribution is -2.24. The summed E-state index contributed by atoms with van der Waals surface area (Å²) < 4.78 is 30.3. The van der Waals surface area contributed by atoms with Crippen molar-refractivity contribution in [3.8, 4) is 23.0 Å². The molecule has 0 N–H and O–H groups in total. The summed E-state index contributed by atoms with van der Waals surface area (Å²) in [5.41, 5.74) is 0. The zero-order chi connectivity index (χ0) is 21.3. The Morgan fingerprint density at radius 2 is 0.667 bits per heavy atom. The normalized spacial score (nSPS) is 16.5. The highest BCUT2D eigenvalue weighted by Gasteiger charge is 2.18.